The molecule has 44 heavy (non-hydrogen) atoms. The van der Waals surface area contributed by atoms with Gasteiger partial charge in [-0.3, -0.25) is 0 Å². The number of rotatable bonds is 6. The van der Waals surface area contributed by atoms with Crippen LogP contribution in [0.4, 0.5) is 16.2 Å². The van der Waals surface area contributed by atoms with Crippen LogP contribution >= 0.6 is 0 Å². The maximum absolute atomic E-state index is 12.6. The second kappa shape index (κ2) is 16.1. The van der Waals surface area contributed by atoms with Crippen molar-refractivity contribution in [3.05, 3.63) is 60.7 Å². The Hall–Kier alpha value is 0.310. The summed E-state index contributed by atoms with van der Waals surface area (Å²) in [6, 6.07) is 8.17. The molecular formula is C21H12N2Na4O13S4. The first-order chi connectivity index (χ1) is 18.2. The molecule has 0 bridgehead atoms. The molecule has 2 amide bonds. The van der Waals surface area contributed by atoms with Crippen molar-refractivity contribution in [3.63, 3.8) is 0 Å². The number of hydrogen-bond acceptors (Lipinski definition) is 13. The van der Waals surface area contributed by atoms with Crippen LogP contribution in [0.25, 0.3) is 21.5 Å². The van der Waals surface area contributed by atoms with Gasteiger partial charge in [0, 0.05) is 11.4 Å². The van der Waals surface area contributed by atoms with E-state index in [1.807, 2.05) is 0 Å². The number of hydrogen-bond donors (Lipinski definition) is 2. The molecule has 0 aliphatic heterocycles. The molecule has 4 aromatic rings. The van der Waals surface area contributed by atoms with E-state index in [2.05, 4.69) is 10.6 Å². The second-order valence-corrected chi connectivity index (χ2v) is 13.6. The average Bonchev–Trinajstić information content (AvgIpc) is 2.79. The summed E-state index contributed by atoms with van der Waals surface area (Å²) >= 11 is 0. The van der Waals surface area contributed by atoms with Crippen molar-refractivity contribution in [2.75, 3.05) is 10.6 Å². The van der Waals surface area contributed by atoms with Gasteiger partial charge in [0.25, 0.3) is 0 Å². The van der Waals surface area contributed by atoms with Crippen LogP contribution in [0.2, 0.25) is 0 Å². The van der Waals surface area contributed by atoms with Gasteiger partial charge >= 0.3 is 124 Å². The Bertz CT molecular complexity index is 2040. The Labute approximate surface area is 340 Å². The summed E-state index contributed by atoms with van der Waals surface area (Å²) in [4.78, 5) is 8.63. The zero-order valence-electron chi connectivity index (χ0n) is 23.2. The number of amides is 2. The fourth-order valence-corrected chi connectivity index (χ4v) is 6.44. The van der Waals surface area contributed by atoms with Crippen LogP contribution in [0, 0.1) is 0 Å². The summed E-state index contributed by atoms with van der Waals surface area (Å²) in [5.74, 6) is 0. The number of fused-ring (bicyclic) bond motifs is 2. The first-order valence-corrected chi connectivity index (χ1v) is 15.9. The summed E-state index contributed by atoms with van der Waals surface area (Å²) < 4.78 is 138. The molecule has 0 aliphatic rings. The SMILES string of the molecule is O=C(Nc1ccc2c(S(=O)(=O)[O-])cc(S(=O)(=O)[O-])cc2c1)Nc1ccc2c(S(=O)(=O)[O-])cc(S(=O)(=O)[O-])cc2c1.[Na+].[Na+].[Na+].[Na+]. The zero-order chi connectivity index (χ0) is 29.8. The van der Waals surface area contributed by atoms with E-state index in [-0.39, 0.29) is 151 Å². The molecule has 0 saturated heterocycles. The molecular weight excluding hydrogens is 708 g/mol. The topological polar surface area (TPSA) is 270 Å². The van der Waals surface area contributed by atoms with Crippen LogP contribution in [-0.4, -0.2) is 57.9 Å². The molecule has 0 atom stereocenters. The predicted octanol–water partition coefficient (Wildman–Crippen LogP) is -10.7. The molecule has 0 unspecified atom stereocenters. The third kappa shape index (κ3) is 10.7. The minimum Gasteiger partial charge on any atom is -0.744 e. The fourth-order valence-electron chi connectivity index (χ4n) is 3.77. The van der Waals surface area contributed by atoms with E-state index in [0.717, 1.165) is 36.4 Å². The van der Waals surface area contributed by atoms with E-state index in [0.29, 0.717) is 12.1 Å². The molecule has 0 spiro atoms. The van der Waals surface area contributed by atoms with Gasteiger partial charge < -0.3 is 28.8 Å². The number of carbonyl (C=O) groups excluding carboxylic acids is 1. The Balaban J connectivity index is 0.00000462. The summed E-state index contributed by atoms with van der Waals surface area (Å²) in [5.41, 5.74) is -0.111. The molecule has 4 rings (SSSR count). The summed E-state index contributed by atoms with van der Waals surface area (Å²) in [7, 11) is -20.7. The first-order valence-electron chi connectivity index (χ1n) is 10.3. The number of nitrogens with one attached hydrogen (secondary N) is 2. The molecule has 15 nitrogen and oxygen atoms in total. The van der Waals surface area contributed by atoms with Crippen molar-refractivity contribution in [1.82, 2.24) is 0 Å². The van der Waals surface area contributed by atoms with Gasteiger partial charge in [-0.25, -0.2) is 38.5 Å². The smallest absolute Gasteiger partial charge is 0.744 e. The van der Waals surface area contributed by atoms with Crippen molar-refractivity contribution in [1.29, 1.82) is 0 Å². The average molecular weight is 721 g/mol. The van der Waals surface area contributed by atoms with E-state index in [1.165, 1.54) is 12.1 Å². The summed E-state index contributed by atoms with van der Waals surface area (Å²) in [6.45, 7) is 0. The fraction of sp³-hybridized carbons (Fsp3) is 0. The van der Waals surface area contributed by atoms with Crippen LogP contribution in [0.5, 0.6) is 0 Å². The third-order valence-corrected chi connectivity index (χ3v) is 8.79. The monoisotopic (exact) mass is 720 g/mol. The standard InChI is InChI=1S/C21H16N2O13S4.4Na/c24-21(22-13-1-3-17-11(5-13)7-15(37(25,26)27)9-19(17)39(31,32)33)23-14-2-4-18-12(6-14)8-16(38(28,29)30)10-20(18)40(34,35)36;;;;/h1-10H,(H2,22,23,24)(H,25,26,27)(H,28,29,30)(H,31,32,33)(H,34,35,36);;;;/q;4*+1/p-4. The molecule has 0 heterocycles. The minimum absolute atomic E-state index is 0. The van der Waals surface area contributed by atoms with Crippen LogP contribution < -0.4 is 129 Å². The van der Waals surface area contributed by atoms with E-state index >= 15 is 0 Å². The maximum Gasteiger partial charge on any atom is 1.00 e. The third-order valence-electron chi connectivity index (χ3n) is 5.41. The first kappa shape index (κ1) is 44.3. The molecule has 0 aromatic heterocycles. The van der Waals surface area contributed by atoms with Crippen LogP contribution in [0.3, 0.4) is 0 Å². The van der Waals surface area contributed by atoms with Crippen molar-refractivity contribution >= 4 is 79.4 Å². The number of carbonyl (C=O) groups is 1. The largest absolute Gasteiger partial charge is 1.00 e. The summed E-state index contributed by atoms with van der Waals surface area (Å²) in [5, 5.41) is 3.82. The Morgan fingerprint density at radius 3 is 1.07 bits per heavy atom. The van der Waals surface area contributed by atoms with Gasteiger partial charge in [0.1, 0.15) is 40.5 Å². The van der Waals surface area contributed by atoms with Crippen LogP contribution in [-0.2, 0) is 40.5 Å². The number of urea groups is 1. The minimum atomic E-state index is -5.20. The predicted molar refractivity (Wildman–Crippen MR) is 132 cm³/mol. The van der Waals surface area contributed by atoms with Gasteiger partial charge in [-0.15, -0.1) is 0 Å². The normalized spacial score (nSPS) is 11.7. The quantitative estimate of drug-likeness (QED) is 0.139. The molecule has 0 saturated carbocycles. The van der Waals surface area contributed by atoms with Crippen molar-refractivity contribution in [2.24, 2.45) is 0 Å². The van der Waals surface area contributed by atoms with E-state index in [4.69, 9.17) is 0 Å². The van der Waals surface area contributed by atoms with E-state index < -0.39 is 66.1 Å². The molecule has 0 radical (unpaired) electrons. The number of anilines is 2. The van der Waals surface area contributed by atoms with Gasteiger partial charge in [0.05, 0.1) is 19.6 Å². The Morgan fingerprint density at radius 1 is 0.477 bits per heavy atom. The molecule has 0 aliphatic carbocycles. The molecule has 0 fully saturated rings. The zero-order valence-corrected chi connectivity index (χ0v) is 34.5. The summed E-state index contributed by atoms with van der Waals surface area (Å²) in [6.07, 6.45) is 0. The molecule has 4 aromatic carbocycles. The van der Waals surface area contributed by atoms with Crippen molar-refractivity contribution in [3.8, 4) is 0 Å². The van der Waals surface area contributed by atoms with Crippen molar-refractivity contribution in [2.45, 2.75) is 19.6 Å². The van der Waals surface area contributed by atoms with Crippen LogP contribution in [0.1, 0.15) is 0 Å². The Kier molecular flexibility index (Phi) is 16.3. The van der Waals surface area contributed by atoms with E-state index in [9.17, 15) is 56.7 Å². The van der Waals surface area contributed by atoms with Gasteiger partial charge in [-0.2, -0.15) is 0 Å². The Morgan fingerprint density at radius 2 is 0.795 bits per heavy atom. The van der Waals surface area contributed by atoms with Gasteiger partial charge in [0.2, 0.25) is 0 Å². The second-order valence-electron chi connectivity index (χ2n) is 8.11. The molecule has 212 valence electrons. The van der Waals surface area contributed by atoms with E-state index in [1.54, 1.807) is 0 Å². The van der Waals surface area contributed by atoms with Gasteiger partial charge in [-0.05, 0) is 70.1 Å². The van der Waals surface area contributed by atoms with Gasteiger partial charge in [0.15, 0.2) is 0 Å². The number of benzene rings is 4. The maximum atomic E-state index is 12.6. The molecule has 2 N–H and O–H groups in total. The van der Waals surface area contributed by atoms with Crippen molar-refractivity contribution < 1.29 is 175 Å². The molecule has 23 heteroatoms. The van der Waals surface area contributed by atoms with Gasteiger partial charge in [-0.1, -0.05) is 12.1 Å². The van der Waals surface area contributed by atoms with Crippen LogP contribution in [0.15, 0.2) is 80.2 Å².